The van der Waals surface area contributed by atoms with Crippen molar-refractivity contribution in [1.29, 1.82) is 0 Å². The van der Waals surface area contributed by atoms with Crippen molar-refractivity contribution >= 4 is 28.9 Å². The van der Waals surface area contributed by atoms with Crippen molar-refractivity contribution in [3.05, 3.63) is 64.5 Å². The Hall–Kier alpha value is -2.04. The zero-order valence-corrected chi connectivity index (χ0v) is 12.4. The van der Waals surface area contributed by atoms with E-state index in [2.05, 4.69) is 15.5 Å². The number of halogens is 2. The minimum absolute atomic E-state index is 0.431. The van der Waals surface area contributed by atoms with Crippen LogP contribution in [0.25, 0.3) is 11.4 Å². The van der Waals surface area contributed by atoms with Gasteiger partial charge in [-0.1, -0.05) is 34.4 Å². The van der Waals surface area contributed by atoms with Crippen LogP contribution in [-0.2, 0) is 6.54 Å². The van der Waals surface area contributed by atoms with Crippen LogP contribution in [0, 0.1) is 0 Å². The predicted octanol–water partition coefficient (Wildman–Crippen LogP) is 4.66. The second kappa shape index (κ2) is 6.16. The summed E-state index contributed by atoms with van der Waals surface area (Å²) in [6, 6.07) is 14.7. The molecule has 1 N–H and O–H groups in total. The van der Waals surface area contributed by atoms with E-state index in [1.54, 1.807) is 12.1 Å². The minimum Gasteiger partial charge on any atom is -0.376 e. The molecule has 0 bridgehead atoms. The summed E-state index contributed by atoms with van der Waals surface area (Å²) in [6.07, 6.45) is 0. The van der Waals surface area contributed by atoms with Gasteiger partial charge in [0.15, 0.2) is 0 Å². The van der Waals surface area contributed by atoms with E-state index in [-0.39, 0.29) is 0 Å². The first-order valence-electron chi connectivity index (χ1n) is 6.29. The van der Waals surface area contributed by atoms with E-state index in [1.165, 1.54) is 0 Å². The number of nitrogens with zero attached hydrogens (tertiary/aromatic N) is 2. The van der Waals surface area contributed by atoms with Crippen LogP contribution < -0.4 is 5.32 Å². The number of nitrogens with one attached hydrogen (secondary N) is 1. The fraction of sp³-hybridized carbons (Fsp3) is 0.0667. The maximum absolute atomic E-state index is 5.92. The molecule has 21 heavy (non-hydrogen) atoms. The Balaban J connectivity index is 1.69. The molecule has 0 fully saturated rings. The summed E-state index contributed by atoms with van der Waals surface area (Å²) in [5, 5.41) is 8.47. The SMILES string of the molecule is Clc1ccc(-c2noc(CNc3cccc(Cl)c3)n2)cc1. The number of aromatic nitrogens is 2. The Morgan fingerprint density at radius 1 is 1.00 bits per heavy atom. The zero-order chi connectivity index (χ0) is 14.7. The molecular weight excluding hydrogens is 309 g/mol. The molecule has 0 aliphatic heterocycles. The Bertz CT molecular complexity index is 741. The van der Waals surface area contributed by atoms with Crippen molar-refractivity contribution in [3.8, 4) is 11.4 Å². The first-order valence-corrected chi connectivity index (χ1v) is 7.04. The molecule has 0 atom stereocenters. The summed E-state index contributed by atoms with van der Waals surface area (Å²) in [5.74, 6) is 1.04. The standard InChI is InChI=1S/C15H11Cl2N3O/c16-11-6-4-10(5-7-11)15-19-14(21-20-15)9-18-13-3-1-2-12(17)8-13/h1-8,18H,9H2. The van der Waals surface area contributed by atoms with Crippen molar-refractivity contribution in [3.63, 3.8) is 0 Å². The molecule has 2 aromatic carbocycles. The van der Waals surface area contributed by atoms with Crippen molar-refractivity contribution in [2.45, 2.75) is 6.54 Å². The fourth-order valence-electron chi connectivity index (χ4n) is 1.82. The van der Waals surface area contributed by atoms with Gasteiger partial charge >= 0.3 is 0 Å². The Morgan fingerprint density at radius 2 is 1.81 bits per heavy atom. The van der Waals surface area contributed by atoms with Crippen LogP contribution in [0.3, 0.4) is 0 Å². The molecule has 0 saturated heterocycles. The molecule has 4 nitrogen and oxygen atoms in total. The fourth-order valence-corrected chi connectivity index (χ4v) is 2.14. The van der Waals surface area contributed by atoms with Gasteiger partial charge in [0.2, 0.25) is 11.7 Å². The third-order valence-corrected chi connectivity index (χ3v) is 3.33. The van der Waals surface area contributed by atoms with Crippen molar-refractivity contribution in [2.75, 3.05) is 5.32 Å². The third kappa shape index (κ3) is 3.54. The normalized spacial score (nSPS) is 10.6. The van der Waals surface area contributed by atoms with Crippen LogP contribution in [0.15, 0.2) is 53.1 Å². The van der Waals surface area contributed by atoms with Crippen molar-refractivity contribution in [2.24, 2.45) is 0 Å². The molecule has 0 radical (unpaired) electrons. The second-order valence-corrected chi connectivity index (χ2v) is 5.26. The molecule has 3 rings (SSSR count). The molecule has 0 saturated carbocycles. The predicted molar refractivity (Wildman–Crippen MR) is 83.5 cm³/mol. The lowest BCUT2D eigenvalue weighted by atomic mass is 10.2. The zero-order valence-electron chi connectivity index (χ0n) is 10.9. The molecule has 0 spiro atoms. The van der Waals surface area contributed by atoms with Crippen molar-refractivity contribution in [1.82, 2.24) is 10.1 Å². The molecule has 3 aromatic rings. The summed E-state index contributed by atoms with van der Waals surface area (Å²) in [7, 11) is 0. The van der Waals surface area contributed by atoms with Crippen LogP contribution in [-0.4, -0.2) is 10.1 Å². The highest BCUT2D eigenvalue weighted by molar-refractivity contribution is 6.31. The van der Waals surface area contributed by atoms with Gasteiger partial charge in [0.05, 0.1) is 6.54 Å². The van der Waals surface area contributed by atoms with Gasteiger partial charge in [0.1, 0.15) is 0 Å². The maximum Gasteiger partial charge on any atom is 0.246 e. The number of hydrogen-bond acceptors (Lipinski definition) is 4. The molecular formula is C15H11Cl2N3O. The van der Waals surface area contributed by atoms with Gasteiger partial charge in [-0.2, -0.15) is 4.98 Å². The summed E-state index contributed by atoms with van der Waals surface area (Å²) in [4.78, 5) is 4.33. The molecule has 0 aliphatic carbocycles. The van der Waals surface area contributed by atoms with Gasteiger partial charge in [-0.25, -0.2) is 0 Å². The average Bonchev–Trinajstić information content (AvgIpc) is 2.95. The van der Waals surface area contributed by atoms with E-state index < -0.39 is 0 Å². The Morgan fingerprint density at radius 3 is 2.57 bits per heavy atom. The Kier molecular flexibility index (Phi) is 4.08. The minimum atomic E-state index is 0.431. The van der Waals surface area contributed by atoms with Crippen LogP contribution >= 0.6 is 23.2 Å². The summed E-state index contributed by atoms with van der Waals surface area (Å²) in [6.45, 7) is 0.431. The molecule has 106 valence electrons. The number of hydrogen-bond donors (Lipinski definition) is 1. The van der Waals surface area contributed by atoms with Gasteiger partial charge < -0.3 is 9.84 Å². The van der Waals surface area contributed by atoms with E-state index in [1.807, 2.05) is 36.4 Å². The van der Waals surface area contributed by atoms with E-state index in [4.69, 9.17) is 27.7 Å². The van der Waals surface area contributed by atoms with E-state index in [9.17, 15) is 0 Å². The van der Waals surface area contributed by atoms with Crippen LogP contribution in [0.4, 0.5) is 5.69 Å². The van der Waals surface area contributed by atoms with Crippen LogP contribution in [0.5, 0.6) is 0 Å². The van der Waals surface area contributed by atoms with E-state index in [0.29, 0.717) is 28.3 Å². The monoisotopic (exact) mass is 319 g/mol. The van der Waals surface area contributed by atoms with Gasteiger partial charge in [0, 0.05) is 21.3 Å². The van der Waals surface area contributed by atoms with Gasteiger partial charge in [0.25, 0.3) is 0 Å². The van der Waals surface area contributed by atoms with Gasteiger partial charge in [-0.15, -0.1) is 0 Å². The Labute approximate surface area is 131 Å². The maximum atomic E-state index is 5.92. The molecule has 0 aliphatic rings. The quantitative estimate of drug-likeness (QED) is 0.760. The highest BCUT2D eigenvalue weighted by Gasteiger charge is 2.08. The lowest BCUT2D eigenvalue weighted by Gasteiger charge is -2.02. The average molecular weight is 320 g/mol. The molecule has 0 unspecified atom stereocenters. The largest absolute Gasteiger partial charge is 0.376 e. The van der Waals surface area contributed by atoms with Gasteiger partial charge in [-0.05, 0) is 42.5 Å². The lowest BCUT2D eigenvalue weighted by Crippen LogP contribution is -1.99. The van der Waals surface area contributed by atoms with Crippen molar-refractivity contribution < 1.29 is 4.52 Å². The first kappa shape index (κ1) is 13.9. The highest BCUT2D eigenvalue weighted by Crippen LogP contribution is 2.19. The summed E-state index contributed by atoms with van der Waals surface area (Å²) >= 11 is 11.8. The third-order valence-electron chi connectivity index (χ3n) is 2.84. The second-order valence-electron chi connectivity index (χ2n) is 4.38. The lowest BCUT2D eigenvalue weighted by molar-refractivity contribution is 0.384. The summed E-state index contributed by atoms with van der Waals surface area (Å²) < 4.78 is 5.21. The number of anilines is 1. The molecule has 0 amide bonds. The topological polar surface area (TPSA) is 51.0 Å². The summed E-state index contributed by atoms with van der Waals surface area (Å²) in [5.41, 5.74) is 1.76. The van der Waals surface area contributed by atoms with Crippen LogP contribution in [0.1, 0.15) is 5.89 Å². The molecule has 1 aromatic heterocycles. The highest BCUT2D eigenvalue weighted by atomic mass is 35.5. The van der Waals surface area contributed by atoms with E-state index >= 15 is 0 Å². The number of rotatable bonds is 4. The molecule has 6 heteroatoms. The van der Waals surface area contributed by atoms with Gasteiger partial charge in [-0.3, -0.25) is 0 Å². The van der Waals surface area contributed by atoms with Crippen LogP contribution in [0.2, 0.25) is 10.0 Å². The smallest absolute Gasteiger partial charge is 0.246 e. The first-order chi connectivity index (χ1) is 10.2. The number of benzene rings is 2. The van der Waals surface area contributed by atoms with E-state index in [0.717, 1.165) is 11.3 Å². The molecule has 1 heterocycles.